The van der Waals surface area contributed by atoms with Gasteiger partial charge in [0.15, 0.2) is 11.6 Å². The van der Waals surface area contributed by atoms with Gasteiger partial charge >= 0.3 is 0 Å². The molecule has 0 aromatic heterocycles. The van der Waals surface area contributed by atoms with Crippen molar-refractivity contribution < 1.29 is 21.9 Å². The van der Waals surface area contributed by atoms with E-state index in [2.05, 4.69) is 0 Å². The van der Waals surface area contributed by atoms with E-state index in [1.54, 1.807) is 18.2 Å². The molecule has 142 valence electrons. The highest BCUT2D eigenvalue weighted by Gasteiger charge is 2.30. The smallest absolute Gasteiger partial charge is 0.243 e. The molecule has 0 N–H and O–H groups in total. The van der Waals surface area contributed by atoms with Crippen molar-refractivity contribution in [2.75, 3.05) is 38.2 Å². The van der Waals surface area contributed by atoms with Crippen LogP contribution in [0.25, 0.3) is 0 Å². The van der Waals surface area contributed by atoms with Gasteiger partial charge in [-0.05, 0) is 36.4 Å². The zero-order chi connectivity index (χ0) is 19.6. The topological polar surface area (TPSA) is 73.6 Å². The fourth-order valence-electron chi connectivity index (χ4n) is 2.98. The molecule has 0 radical (unpaired) electrons. The van der Waals surface area contributed by atoms with Crippen LogP contribution in [-0.4, -0.2) is 46.0 Å². The van der Waals surface area contributed by atoms with Crippen molar-refractivity contribution in [3.05, 3.63) is 53.6 Å². The predicted octanol–water partition coefficient (Wildman–Crippen LogP) is 2.36. The minimum Gasteiger partial charge on any atom is -0.497 e. The summed E-state index contributed by atoms with van der Waals surface area (Å²) in [5, 5.41) is 8.78. The second-order valence-electron chi connectivity index (χ2n) is 5.97. The van der Waals surface area contributed by atoms with Crippen molar-refractivity contribution in [1.29, 1.82) is 5.26 Å². The predicted molar refractivity (Wildman–Crippen MR) is 95.0 cm³/mol. The Morgan fingerprint density at radius 1 is 1.04 bits per heavy atom. The van der Waals surface area contributed by atoms with Crippen LogP contribution in [0, 0.1) is 23.0 Å². The fourth-order valence-corrected chi connectivity index (χ4v) is 4.40. The van der Waals surface area contributed by atoms with Crippen molar-refractivity contribution in [1.82, 2.24) is 4.31 Å². The number of benzene rings is 2. The van der Waals surface area contributed by atoms with Crippen LogP contribution in [0.1, 0.15) is 5.56 Å². The molecule has 27 heavy (non-hydrogen) atoms. The second-order valence-corrected chi connectivity index (χ2v) is 7.90. The van der Waals surface area contributed by atoms with Crippen LogP contribution in [0.2, 0.25) is 0 Å². The van der Waals surface area contributed by atoms with Gasteiger partial charge < -0.3 is 9.64 Å². The first-order chi connectivity index (χ1) is 12.9. The van der Waals surface area contributed by atoms with E-state index in [0.29, 0.717) is 5.75 Å². The van der Waals surface area contributed by atoms with Crippen LogP contribution in [0.3, 0.4) is 0 Å². The molecule has 0 aliphatic carbocycles. The first-order valence-corrected chi connectivity index (χ1v) is 9.59. The fraction of sp³-hybridized carbons (Fsp3) is 0.278. The van der Waals surface area contributed by atoms with Gasteiger partial charge in [-0.1, -0.05) is 0 Å². The highest BCUT2D eigenvalue weighted by molar-refractivity contribution is 7.89. The summed E-state index contributed by atoms with van der Waals surface area (Å²) in [5.41, 5.74) is -0.343. The van der Waals surface area contributed by atoms with E-state index in [1.165, 1.54) is 28.4 Å². The number of methoxy groups -OCH3 is 1. The van der Waals surface area contributed by atoms with Crippen LogP contribution in [0.4, 0.5) is 14.5 Å². The molecule has 1 heterocycles. The zero-order valence-corrected chi connectivity index (χ0v) is 15.3. The van der Waals surface area contributed by atoms with Gasteiger partial charge in [-0.2, -0.15) is 9.57 Å². The Bertz CT molecular complexity index is 957. The lowest BCUT2D eigenvalue weighted by molar-refractivity contribution is 0.380. The Labute approximate surface area is 156 Å². The Kier molecular flexibility index (Phi) is 5.30. The molecule has 0 amide bonds. The maximum absolute atomic E-state index is 14.2. The molecule has 0 spiro atoms. The molecule has 0 saturated carbocycles. The van der Waals surface area contributed by atoms with Gasteiger partial charge in [0.1, 0.15) is 11.4 Å². The third kappa shape index (κ3) is 3.72. The van der Waals surface area contributed by atoms with Gasteiger partial charge in [0, 0.05) is 26.2 Å². The molecule has 3 rings (SSSR count). The van der Waals surface area contributed by atoms with Gasteiger partial charge in [-0.25, -0.2) is 17.2 Å². The SMILES string of the molecule is COc1ccc(S(=O)(=O)N2CCN(c3c(F)cc(C#N)cc3F)CC2)cc1. The minimum atomic E-state index is -3.70. The number of sulfonamides is 1. The normalized spacial score (nSPS) is 15.4. The highest BCUT2D eigenvalue weighted by Crippen LogP contribution is 2.27. The number of nitrogens with zero attached hydrogens (tertiary/aromatic N) is 3. The standard InChI is InChI=1S/C18H17F2N3O3S/c1-26-14-2-4-15(5-3-14)27(24,25)23-8-6-22(7-9-23)18-16(19)10-13(12-21)11-17(18)20/h2-5,10-11H,6-9H2,1H3. The second kappa shape index (κ2) is 7.50. The Morgan fingerprint density at radius 3 is 2.07 bits per heavy atom. The van der Waals surface area contributed by atoms with Gasteiger partial charge in [0.2, 0.25) is 10.0 Å². The molecule has 0 bridgehead atoms. The Hall–Kier alpha value is -2.70. The number of halogens is 2. The Balaban J connectivity index is 1.76. The molecule has 1 aliphatic rings. The molecule has 1 fully saturated rings. The summed E-state index contributed by atoms with van der Waals surface area (Å²) >= 11 is 0. The van der Waals surface area contributed by atoms with Crippen molar-refractivity contribution in [2.45, 2.75) is 4.90 Å². The zero-order valence-electron chi connectivity index (χ0n) is 14.5. The first kappa shape index (κ1) is 19.1. The summed E-state index contributed by atoms with van der Waals surface area (Å²) in [6, 6.07) is 9.68. The number of piperazine rings is 1. The molecule has 0 unspecified atom stereocenters. The van der Waals surface area contributed by atoms with Crippen LogP contribution in [0.5, 0.6) is 5.75 Å². The minimum absolute atomic E-state index is 0.0905. The van der Waals surface area contributed by atoms with E-state index in [1.807, 2.05) is 0 Å². The maximum Gasteiger partial charge on any atom is 0.243 e. The van der Waals surface area contributed by atoms with E-state index in [9.17, 15) is 17.2 Å². The number of nitriles is 1. The number of rotatable bonds is 4. The quantitative estimate of drug-likeness (QED) is 0.797. The van der Waals surface area contributed by atoms with Gasteiger partial charge in [-0.15, -0.1) is 0 Å². The molecule has 6 nitrogen and oxygen atoms in total. The summed E-state index contributed by atoms with van der Waals surface area (Å²) in [4.78, 5) is 1.58. The molecule has 2 aromatic carbocycles. The van der Waals surface area contributed by atoms with E-state index in [-0.39, 0.29) is 42.3 Å². The first-order valence-electron chi connectivity index (χ1n) is 8.15. The third-order valence-electron chi connectivity index (χ3n) is 4.40. The lowest BCUT2D eigenvalue weighted by atomic mass is 10.1. The summed E-state index contributed by atoms with van der Waals surface area (Å²) in [6.45, 7) is 0.449. The van der Waals surface area contributed by atoms with Crippen molar-refractivity contribution >= 4 is 15.7 Å². The highest BCUT2D eigenvalue weighted by atomic mass is 32.2. The maximum atomic E-state index is 14.2. The number of anilines is 1. The van der Waals surface area contributed by atoms with Gasteiger partial charge in [-0.3, -0.25) is 0 Å². The molecule has 0 atom stereocenters. The van der Waals surface area contributed by atoms with Crippen LogP contribution in [-0.2, 0) is 10.0 Å². The monoisotopic (exact) mass is 393 g/mol. The number of hydrogen-bond acceptors (Lipinski definition) is 5. The summed E-state index contributed by atoms with van der Waals surface area (Å²) in [7, 11) is -2.21. The van der Waals surface area contributed by atoms with Crippen LogP contribution < -0.4 is 9.64 Å². The third-order valence-corrected chi connectivity index (χ3v) is 6.31. The van der Waals surface area contributed by atoms with E-state index in [0.717, 1.165) is 12.1 Å². The largest absolute Gasteiger partial charge is 0.497 e. The van der Waals surface area contributed by atoms with E-state index < -0.39 is 21.7 Å². The van der Waals surface area contributed by atoms with E-state index >= 15 is 0 Å². The average molecular weight is 393 g/mol. The van der Waals surface area contributed by atoms with Crippen molar-refractivity contribution in [3.8, 4) is 11.8 Å². The molecule has 2 aromatic rings. The van der Waals surface area contributed by atoms with Crippen molar-refractivity contribution in [3.63, 3.8) is 0 Å². The van der Waals surface area contributed by atoms with Crippen LogP contribution >= 0.6 is 0 Å². The summed E-state index contributed by atoms with van der Waals surface area (Å²) in [5.74, 6) is -1.12. The van der Waals surface area contributed by atoms with Gasteiger partial charge in [0.25, 0.3) is 0 Å². The molecule has 1 saturated heterocycles. The van der Waals surface area contributed by atoms with E-state index in [4.69, 9.17) is 10.00 Å². The lowest BCUT2D eigenvalue weighted by Gasteiger charge is -2.35. The lowest BCUT2D eigenvalue weighted by Crippen LogP contribution is -2.49. The molecular weight excluding hydrogens is 376 g/mol. The number of ether oxygens (including phenoxy) is 1. The molecule has 9 heteroatoms. The summed E-state index contributed by atoms with van der Waals surface area (Å²) in [6.07, 6.45) is 0. The molecule has 1 aliphatic heterocycles. The van der Waals surface area contributed by atoms with Gasteiger partial charge in [0.05, 0.1) is 23.6 Å². The van der Waals surface area contributed by atoms with Crippen molar-refractivity contribution in [2.24, 2.45) is 0 Å². The molecular formula is C18H17F2N3O3S. The summed E-state index contributed by atoms with van der Waals surface area (Å²) < 4.78 is 60.1. The Morgan fingerprint density at radius 2 is 1.59 bits per heavy atom. The van der Waals surface area contributed by atoms with Crippen LogP contribution in [0.15, 0.2) is 41.3 Å². The average Bonchev–Trinajstić information content (AvgIpc) is 2.67. The number of hydrogen-bond donors (Lipinski definition) is 0.